The highest BCUT2D eigenvalue weighted by atomic mass is 19.1. The summed E-state index contributed by atoms with van der Waals surface area (Å²) in [7, 11) is 0. The summed E-state index contributed by atoms with van der Waals surface area (Å²) in [6.07, 6.45) is 1.08. The number of hydrogen-bond acceptors (Lipinski definition) is 3. The van der Waals surface area contributed by atoms with Gasteiger partial charge in [0.25, 0.3) is 0 Å². The molecule has 0 saturated carbocycles. The number of halogens is 1. The Morgan fingerprint density at radius 1 is 1.10 bits per heavy atom. The molecule has 0 aliphatic carbocycles. The quantitative estimate of drug-likeness (QED) is 0.702. The number of carbonyl (C=O) groups is 2. The van der Waals surface area contributed by atoms with E-state index < -0.39 is 0 Å². The molecule has 0 aromatic heterocycles. The Labute approximate surface area is 171 Å². The van der Waals surface area contributed by atoms with Crippen LogP contribution in [-0.2, 0) is 22.7 Å². The largest absolute Gasteiger partial charge is 0.445 e. The molecular formula is C23H27FN2O3. The minimum atomic E-state index is -0.385. The van der Waals surface area contributed by atoms with Crippen molar-refractivity contribution >= 4 is 12.0 Å². The first-order chi connectivity index (χ1) is 14.1. The molecule has 1 saturated heterocycles. The lowest BCUT2D eigenvalue weighted by molar-refractivity contribution is -0.135. The van der Waals surface area contributed by atoms with Gasteiger partial charge in [-0.2, -0.15) is 0 Å². The first-order valence-corrected chi connectivity index (χ1v) is 10.1. The van der Waals surface area contributed by atoms with E-state index in [9.17, 15) is 14.0 Å². The Hall–Kier alpha value is -2.89. The van der Waals surface area contributed by atoms with Crippen molar-refractivity contribution in [3.05, 3.63) is 71.5 Å². The zero-order chi connectivity index (χ0) is 20.6. The van der Waals surface area contributed by atoms with Gasteiger partial charge in [0.1, 0.15) is 12.4 Å². The molecule has 1 aliphatic rings. The number of ether oxygens (including phenoxy) is 1. The fourth-order valence-corrected chi connectivity index (χ4v) is 3.54. The van der Waals surface area contributed by atoms with E-state index in [1.165, 1.54) is 12.1 Å². The molecule has 154 valence electrons. The molecule has 3 rings (SSSR count). The number of nitrogens with zero attached hydrogens (tertiary/aromatic N) is 2. The van der Waals surface area contributed by atoms with Gasteiger partial charge < -0.3 is 14.5 Å². The van der Waals surface area contributed by atoms with Crippen molar-refractivity contribution in [3.8, 4) is 0 Å². The summed E-state index contributed by atoms with van der Waals surface area (Å²) in [5.74, 6) is -0.483. The second-order valence-electron chi connectivity index (χ2n) is 7.36. The summed E-state index contributed by atoms with van der Waals surface area (Å²) in [6.45, 7) is 4.21. The van der Waals surface area contributed by atoms with Gasteiger partial charge in [-0.25, -0.2) is 9.18 Å². The predicted molar refractivity (Wildman–Crippen MR) is 108 cm³/mol. The molecule has 2 amide bonds. The maximum atomic E-state index is 13.1. The molecule has 6 heteroatoms. The maximum absolute atomic E-state index is 13.1. The van der Waals surface area contributed by atoms with E-state index in [0.29, 0.717) is 32.6 Å². The van der Waals surface area contributed by atoms with Crippen LogP contribution in [-0.4, -0.2) is 41.4 Å². The van der Waals surface area contributed by atoms with Gasteiger partial charge in [0.2, 0.25) is 5.91 Å². The van der Waals surface area contributed by atoms with E-state index in [4.69, 9.17) is 4.74 Å². The summed E-state index contributed by atoms with van der Waals surface area (Å²) in [4.78, 5) is 28.8. The zero-order valence-electron chi connectivity index (χ0n) is 16.7. The van der Waals surface area contributed by atoms with E-state index >= 15 is 0 Å². The lowest BCUT2D eigenvalue weighted by Crippen LogP contribution is -2.38. The van der Waals surface area contributed by atoms with Crippen molar-refractivity contribution in [2.24, 2.45) is 5.92 Å². The molecule has 29 heavy (non-hydrogen) atoms. The van der Waals surface area contributed by atoms with E-state index in [1.807, 2.05) is 37.3 Å². The second-order valence-corrected chi connectivity index (χ2v) is 7.36. The van der Waals surface area contributed by atoms with E-state index in [0.717, 1.165) is 17.5 Å². The number of rotatable bonds is 7. The fourth-order valence-electron chi connectivity index (χ4n) is 3.54. The average Bonchev–Trinajstić information content (AvgIpc) is 3.24. The second kappa shape index (κ2) is 10.0. The highest BCUT2D eigenvalue weighted by Crippen LogP contribution is 2.21. The predicted octanol–water partition coefficient (Wildman–Crippen LogP) is 4.22. The van der Waals surface area contributed by atoms with Gasteiger partial charge in [-0.15, -0.1) is 0 Å². The summed E-state index contributed by atoms with van der Waals surface area (Å²) in [5, 5.41) is 0. The highest BCUT2D eigenvalue weighted by Gasteiger charge is 2.34. The minimum Gasteiger partial charge on any atom is -0.445 e. The molecule has 1 unspecified atom stereocenters. The Bertz CT molecular complexity index is 811. The molecule has 0 spiro atoms. The van der Waals surface area contributed by atoms with Crippen molar-refractivity contribution in [2.75, 3.05) is 19.6 Å². The van der Waals surface area contributed by atoms with Gasteiger partial charge in [-0.1, -0.05) is 49.4 Å². The van der Waals surface area contributed by atoms with Crippen LogP contribution in [0.15, 0.2) is 54.6 Å². The third-order valence-corrected chi connectivity index (χ3v) is 5.09. The van der Waals surface area contributed by atoms with E-state index in [2.05, 4.69) is 0 Å². The SMILES string of the molecule is CCCN(Cc1ccc(F)cc1)C(=O)C1CCN(C(=O)OCc2ccccc2)C1. The van der Waals surface area contributed by atoms with Crippen molar-refractivity contribution in [2.45, 2.75) is 32.9 Å². The normalized spacial score (nSPS) is 15.9. The summed E-state index contributed by atoms with van der Waals surface area (Å²) >= 11 is 0. The maximum Gasteiger partial charge on any atom is 0.410 e. The topological polar surface area (TPSA) is 49.9 Å². The Morgan fingerprint density at radius 3 is 2.52 bits per heavy atom. The fraction of sp³-hybridized carbons (Fsp3) is 0.391. The van der Waals surface area contributed by atoms with Crippen molar-refractivity contribution in [3.63, 3.8) is 0 Å². The Balaban J connectivity index is 1.54. The summed E-state index contributed by atoms with van der Waals surface area (Å²) in [6, 6.07) is 15.7. The molecule has 1 atom stereocenters. The van der Waals surface area contributed by atoms with E-state index in [-0.39, 0.29) is 30.3 Å². The highest BCUT2D eigenvalue weighted by molar-refractivity contribution is 5.80. The van der Waals surface area contributed by atoms with Crippen LogP contribution >= 0.6 is 0 Å². The van der Waals surface area contributed by atoms with Crippen LogP contribution < -0.4 is 0 Å². The first-order valence-electron chi connectivity index (χ1n) is 10.1. The number of hydrogen-bond donors (Lipinski definition) is 0. The third kappa shape index (κ3) is 5.79. The lowest BCUT2D eigenvalue weighted by Gasteiger charge is -2.25. The Kier molecular flexibility index (Phi) is 7.22. The molecule has 0 radical (unpaired) electrons. The van der Waals surface area contributed by atoms with Gasteiger partial charge in [0.05, 0.1) is 5.92 Å². The van der Waals surface area contributed by atoms with Gasteiger partial charge in [-0.3, -0.25) is 4.79 Å². The van der Waals surface area contributed by atoms with E-state index in [1.54, 1.807) is 21.9 Å². The average molecular weight is 398 g/mol. The minimum absolute atomic E-state index is 0.0366. The number of amides is 2. The van der Waals surface area contributed by atoms with Crippen LogP contribution in [0.25, 0.3) is 0 Å². The van der Waals surface area contributed by atoms with Gasteiger partial charge in [-0.05, 0) is 36.1 Å². The smallest absolute Gasteiger partial charge is 0.410 e. The van der Waals surface area contributed by atoms with Crippen LogP contribution in [0.5, 0.6) is 0 Å². The van der Waals surface area contributed by atoms with Crippen LogP contribution in [0.1, 0.15) is 30.9 Å². The van der Waals surface area contributed by atoms with Gasteiger partial charge >= 0.3 is 6.09 Å². The molecule has 1 fully saturated rings. The third-order valence-electron chi connectivity index (χ3n) is 5.09. The van der Waals surface area contributed by atoms with Gasteiger partial charge in [0, 0.05) is 26.2 Å². The van der Waals surface area contributed by atoms with Crippen LogP contribution in [0.3, 0.4) is 0 Å². The number of benzene rings is 2. The van der Waals surface area contributed by atoms with Crippen LogP contribution in [0.2, 0.25) is 0 Å². The lowest BCUT2D eigenvalue weighted by atomic mass is 10.1. The monoisotopic (exact) mass is 398 g/mol. The van der Waals surface area contributed by atoms with Crippen molar-refractivity contribution in [1.29, 1.82) is 0 Å². The molecule has 0 bridgehead atoms. The van der Waals surface area contributed by atoms with Crippen molar-refractivity contribution < 1.29 is 18.7 Å². The van der Waals surface area contributed by atoms with Crippen molar-refractivity contribution in [1.82, 2.24) is 9.80 Å². The van der Waals surface area contributed by atoms with Gasteiger partial charge in [0.15, 0.2) is 0 Å². The molecule has 2 aromatic rings. The number of carbonyl (C=O) groups excluding carboxylic acids is 2. The molecule has 5 nitrogen and oxygen atoms in total. The summed E-state index contributed by atoms with van der Waals surface area (Å²) in [5.41, 5.74) is 1.83. The Morgan fingerprint density at radius 2 is 1.83 bits per heavy atom. The van der Waals surface area contributed by atoms with Crippen LogP contribution in [0, 0.1) is 11.7 Å². The zero-order valence-corrected chi connectivity index (χ0v) is 16.7. The number of likely N-dealkylation sites (tertiary alicyclic amines) is 1. The van der Waals surface area contributed by atoms with Crippen LogP contribution in [0.4, 0.5) is 9.18 Å². The molecular weight excluding hydrogens is 371 g/mol. The summed E-state index contributed by atoms with van der Waals surface area (Å²) < 4.78 is 18.5. The molecule has 1 heterocycles. The first kappa shape index (κ1) is 20.8. The standard InChI is InChI=1S/C23H27FN2O3/c1-2-13-25(15-18-8-10-21(24)11-9-18)22(27)20-12-14-26(16-20)23(28)29-17-19-6-4-3-5-7-19/h3-11,20H,2,12-17H2,1H3. The molecule has 1 aliphatic heterocycles. The molecule has 0 N–H and O–H groups in total. The molecule has 2 aromatic carbocycles.